The molecule has 0 spiro atoms. The second-order valence-corrected chi connectivity index (χ2v) is 8.84. The highest BCUT2D eigenvalue weighted by Crippen LogP contribution is 2.38. The van der Waals surface area contributed by atoms with Crippen LogP contribution in [0, 0.1) is 28.8 Å². The number of pyridine rings is 1. The first kappa shape index (κ1) is 24.4. The minimum absolute atomic E-state index is 0.0153. The molecule has 0 amide bonds. The summed E-state index contributed by atoms with van der Waals surface area (Å²) in [6.45, 7) is -0.593. The first-order valence-electron chi connectivity index (χ1n) is 9.65. The van der Waals surface area contributed by atoms with Crippen molar-refractivity contribution < 1.29 is 33.2 Å². The number of hydrogen-bond donors (Lipinski definition) is 3. The molecule has 1 aliphatic heterocycles. The first-order valence-corrected chi connectivity index (χ1v) is 10.9. The molecular formula is C20H15ClF3N5O4S. The molecule has 0 radical (unpaired) electrons. The van der Waals surface area contributed by atoms with Crippen LogP contribution in [0.3, 0.4) is 0 Å². The molecule has 5 atom stereocenters. The van der Waals surface area contributed by atoms with Gasteiger partial charge in [0.05, 0.1) is 17.8 Å². The topological polar surface area (TPSA) is 137 Å². The van der Waals surface area contributed by atoms with E-state index in [1.165, 1.54) is 18.5 Å². The summed E-state index contributed by atoms with van der Waals surface area (Å²) in [5.41, 5.74) is -1.18. The first-order chi connectivity index (χ1) is 16.2. The highest BCUT2D eigenvalue weighted by molar-refractivity contribution is 7.99. The largest absolute Gasteiger partial charge is 0.394 e. The van der Waals surface area contributed by atoms with E-state index in [0.717, 1.165) is 28.6 Å². The van der Waals surface area contributed by atoms with Crippen LogP contribution in [0.15, 0.2) is 35.5 Å². The van der Waals surface area contributed by atoms with Gasteiger partial charge in [0, 0.05) is 16.7 Å². The SMILES string of the molecule is N#Cc1ncc(S[C@H]2OC(CO)[C@H](O)C(n3cc(-c4cc(F)c(F)c(F)c4)nn3)[C@@H]2O)cc1Cl. The van der Waals surface area contributed by atoms with Gasteiger partial charge in [-0.15, -0.1) is 5.10 Å². The van der Waals surface area contributed by atoms with Crippen LogP contribution in [0.1, 0.15) is 11.7 Å². The van der Waals surface area contributed by atoms with E-state index in [1.807, 2.05) is 6.07 Å². The molecule has 1 aliphatic rings. The van der Waals surface area contributed by atoms with Crippen LogP contribution in [-0.2, 0) is 4.74 Å². The number of nitriles is 1. The van der Waals surface area contributed by atoms with Crippen LogP contribution >= 0.6 is 23.4 Å². The highest BCUT2D eigenvalue weighted by atomic mass is 35.5. The van der Waals surface area contributed by atoms with Crippen molar-refractivity contribution in [1.82, 2.24) is 20.0 Å². The van der Waals surface area contributed by atoms with Gasteiger partial charge in [0.15, 0.2) is 23.1 Å². The number of aliphatic hydroxyl groups is 3. The standard InChI is InChI=1S/C20H15ClF3N5O4S/c21-10-3-9(5-26-13(10)4-25)34-20-19(32)17(18(31)15(7-30)33-20)29-6-14(27-28-29)8-1-11(22)16(24)12(23)2-8/h1-3,5-6,15,17-20,30-32H,7H2/t15?,17?,18-,19-,20+/m0/s1. The third-order valence-corrected chi connectivity index (χ3v) is 6.52. The molecule has 1 saturated heterocycles. The Balaban J connectivity index is 1.63. The number of hydrogen-bond acceptors (Lipinski definition) is 9. The number of nitrogens with zero attached hydrogens (tertiary/aromatic N) is 5. The molecule has 2 unspecified atom stereocenters. The summed E-state index contributed by atoms with van der Waals surface area (Å²) in [5.74, 6) is -4.46. The average Bonchev–Trinajstić information content (AvgIpc) is 3.29. The van der Waals surface area contributed by atoms with Crippen molar-refractivity contribution in [2.24, 2.45) is 0 Å². The number of rotatable bonds is 5. The van der Waals surface area contributed by atoms with Crippen LogP contribution in [0.25, 0.3) is 11.3 Å². The van der Waals surface area contributed by atoms with Crippen LogP contribution < -0.4 is 0 Å². The van der Waals surface area contributed by atoms with Crippen molar-refractivity contribution in [2.45, 2.75) is 34.7 Å². The lowest BCUT2D eigenvalue weighted by molar-refractivity contribution is -0.178. The molecule has 3 N–H and O–H groups in total. The molecule has 0 saturated carbocycles. The second kappa shape index (κ2) is 9.87. The molecule has 1 aromatic carbocycles. The zero-order valence-electron chi connectivity index (χ0n) is 16.9. The lowest BCUT2D eigenvalue weighted by Crippen LogP contribution is -2.55. The maximum atomic E-state index is 13.6. The van der Waals surface area contributed by atoms with Crippen molar-refractivity contribution >= 4 is 23.4 Å². The minimum Gasteiger partial charge on any atom is -0.394 e. The predicted octanol–water partition coefficient (Wildman–Crippen LogP) is 2.05. The Morgan fingerprint density at radius 1 is 1.18 bits per heavy atom. The fourth-order valence-corrected chi connectivity index (χ4v) is 4.78. The van der Waals surface area contributed by atoms with Crippen LogP contribution in [0.4, 0.5) is 13.2 Å². The van der Waals surface area contributed by atoms with Gasteiger partial charge >= 0.3 is 0 Å². The number of benzene rings is 1. The third kappa shape index (κ3) is 4.61. The van der Waals surface area contributed by atoms with Gasteiger partial charge in [-0.05, 0) is 18.2 Å². The van der Waals surface area contributed by atoms with E-state index in [1.54, 1.807) is 0 Å². The minimum atomic E-state index is -1.63. The maximum absolute atomic E-state index is 13.6. The molecule has 0 aliphatic carbocycles. The lowest BCUT2D eigenvalue weighted by Gasteiger charge is -2.41. The van der Waals surface area contributed by atoms with Gasteiger partial charge in [-0.2, -0.15) is 5.26 Å². The quantitative estimate of drug-likeness (QED) is 0.438. The van der Waals surface area contributed by atoms with E-state index in [0.29, 0.717) is 4.90 Å². The summed E-state index contributed by atoms with van der Waals surface area (Å²) in [6.07, 6.45) is -1.40. The van der Waals surface area contributed by atoms with E-state index in [2.05, 4.69) is 15.3 Å². The molecule has 0 bridgehead atoms. The molecule has 3 aromatic rings. The van der Waals surface area contributed by atoms with Crippen LogP contribution in [0.2, 0.25) is 5.02 Å². The number of ether oxygens (including phenoxy) is 1. The zero-order valence-corrected chi connectivity index (χ0v) is 18.5. The molecule has 34 heavy (non-hydrogen) atoms. The molecule has 4 rings (SSSR count). The zero-order chi connectivity index (χ0) is 24.6. The maximum Gasteiger partial charge on any atom is 0.194 e. The summed E-state index contributed by atoms with van der Waals surface area (Å²) in [4.78, 5) is 4.35. The van der Waals surface area contributed by atoms with E-state index >= 15 is 0 Å². The van der Waals surface area contributed by atoms with Gasteiger partial charge < -0.3 is 20.1 Å². The fraction of sp³-hybridized carbons (Fsp3) is 0.300. The normalized spacial score (nSPS) is 24.7. The Kier molecular flexibility index (Phi) is 7.08. The number of aliphatic hydroxyl groups excluding tert-OH is 3. The average molecular weight is 514 g/mol. The second-order valence-electron chi connectivity index (χ2n) is 7.27. The highest BCUT2D eigenvalue weighted by Gasteiger charge is 2.46. The van der Waals surface area contributed by atoms with Crippen molar-refractivity contribution in [3.05, 3.63) is 58.8 Å². The Hall–Kier alpha value is -2.73. The summed E-state index contributed by atoms with van der Waals surface area (Å²) in [6, 6.07) is 3.57. The van der Waals surface area contributed by atoms with Crippen molar-refractivity contribution in [2.75, 3.05) is 6.61 Å². The van der Waals surface area contributed by atoms with Gasteiger partial charge in [0.25, 0.3) is 0 Å². The molecule has 178 valence electrons. The summed E-state index contributed by atoms with van der Waals surface area (Å²) in [7, 11) is 0. The van der Waals surface area contributed by atoms with Gasteiger partial charge in [0.1, 0.15) is 41.6 Å². The molecule has 9 nitrogen and oxygen atoms in total. The van der Waals surface area contributed by atoms with Crippen molar-refractivity contribution in [3.8, 4) is 17.3 Å². The van der Waals surface area contributed by atoms with Crippen LogP contribution in [0.5, 0.6) is 0 Å². The molecule has 14 heteroatoms. The van der Waals surface area contributed by atoms with Gasteiger partial charge in [-0.1, -0.05) is 28.6 Å². The van der Waals surface area contributed by atoms with E-state index < -0.39 is 53.8 Å². The number of halogens is 4. The van der Waals surface area contributed by atoms with Crippen LogP contribution in [-0.4, -0.2) is 65.7 Å². The monoisotopic (exact) mass is 513 g/mol. The van der Waals surface area contributed by atoms with E-state index in [4.69, 9.17) is 21.6 Å². The Labute approximate surface area is 199 Å². The Morgan fingerprint density at radius 2 is 1.88 bits per heavy atom. The van der Waals surface area contributed by atoms with E-state index in [-0.39, 0.29) is 22.0 Å². The number of aromatic nitrogens is 4. The molecule has 1 fully saturated rings. The van der Waals surface area contributed by atoms with Crippen molar-refractivity contribution in [3.63, 3.8) is 0 Å². The Bertz CT molecular complexity index is 1240. The van der Waals surface area contributed by atoms with Gasteiger partial charge in [-0.3, -0.25) is 0 Å². The van der Waals surface area contributed by atoms with Gasteiger partial charge in [-0.25, -0.2) is 22.8 Å². The fourth-order valence-electron chi connectivity index (χ4n) is 3.44. The van der Waals surface area contributed by atoms with Gasteiger partial charge in [0.2, 0.25) is 0 Å². The van der Waals surface area contributed by atoms with E-state index in [9.17, 15) is 28.5 Å². The van der Waals surface area contributed by atoms with Crippen molar-refractivity contribution in [1.29, 1.82) is 5.26 Å². The molecular weight excluding hydrogens is 499 g/mol. The predicted molar refractivity (Wildman–Crippen MR) is 112 cm³/mol. The third-order valence-electron chi connectivity index (χ3n) is 5.12. The molecule has 3 heterocycles. The lowest BCUT2D eigenvalue weighted by atomic mass is 9.97. The summed E-state index contributed by atoms with van der Waals surface area (Å²) in [5, 5.41) is 48.0. The number of thioether (sulfide) groups is 1. The summed E-state index contributed by atoms with van der Waals surface area (Å²) >= 11 is 6.98. The Morgan fingerprint density at radius 3 is 2.50 bits per heavy atom. The molecule has 2 aromatic heterocycles. The smallest absolute Gasteiger partial charge is 0.194 e. The summed E-state index contributed by atoms with van der Waals surface area (Å²) < 4.78 is 47.2.